The summed E-state index contributed by atoms with van der Waals surface area (Å²) in [5.41, 5.74) is 7.91. The van der Waals surface area contributed by atoms with Crippen molar-refractivity contribution >= 4 is 17.5 Å². The molecule has 1 unspecified atom stereocenters. The molecule has 0 spiro atoms. The summed E-state index contributed by atoms with van der Waals surface area (Å²) in [7, 11) is 1.96. The highest BCUT2D eigenvalue weighted by atomic mass is 16.2. The van der Waals surface area contributed by atoms with Crippen molar-refractivity contribution < 1.29 is 9.59 Å². The Kier molecular flexibility index (Phi) is 6.72. The van der Waals surface area contributed by atoms with E-state index in [9.17, 15) is 9.59 Å². The van der Waals surface area contributed by atoms with Crippen LogP contribution in [-0.4, -0.2) is 61.4 Å². The summed E-state index contributed by atoms with van der Waals surface area (Å²) in [6, 6.07) is 8.71. The predicted molar refractivity (Wildman–Crippen MR) is 107 cm³/mol. The van der Waals surface area contributed by atoms with Crippen LogP contribution in [-0.2, 0) is 16.1 Å². The fraction of sp³-hybridized carbons (Fsp3) is 0.619. The molecule has 27 heavy (non-hydrogen) atoms. The van der Waals surface area contributed by atoms with Gasteiger partial charge in [-0.1, -0.05) is 12.1 Å². The Hall–Kier alpha value is -2.08. The Morgan fingerprint density at radius 2 is 1.78 bits per heavy atom. The van der Waals surface area contributed by atoms with E-state index in [-0.39, 0.29) is 17.7 Å². The molecule has 2 heterocycles. The van der Waals surface area contributed by atoms with E-state index >= 15 is 0 Å². The van der Waals surface area contributed by atoms with Crippen molar-refractivity contribution in [1.29, 1.82) is 0 Å². The van der Waals surface area contributed by atoms with E-state index in [1.54, 1.807) is 4.90 Å². The topological polar surface area (TPSA) is 69.9 Å². The van der Waals surface area contributed by atoms with Crippen LogP contribution in [0.4, 0.5) is 5.69 Å². The minimum atomic E-state index is -0.297. The lowest BCUT2D eigenvalue weighted by Crippen LogP contribution is -2.47. The maximum Gasteiger partial charge on any atom is 0.236 e. The Bertz CT molecular complexity index is 640. The minimum Gasteiger partial charge on any atom is -0.372 e. The van der Waals surface area contributed by atoms with Crippen LogP contribution in [0, 0.1) is 5.92 Å². The number of primary amides is 1. The molecular weight excluding hydrogens is 340 g/mol. The van der Waals surface area contributed by atoms with Crippen LogP contribution in [0.5, 0.6) is 0 Å². The van der Waals surface area contributed by atoms with Gasteiger partial charge in [-0.3, -0.25) is 14.5 Å². The summed E-state index contributed by atoms with van der Waals surface area (Å²) >= 11 is 0. The summed E-state index contributed by atoms with van der Waals surface area (Å²) in [6.45, 7) is 4.58. The van der Waals surface area contributed by atoms with Crippen LogP contribution >= 0.6 is 0 Å². The third kappa shape index (κ3) is 5.45. The van der Waals surface area contributed by atoms with Crippen LogP contribution in [0.15, 0.2) is 24.3 Å². The fourth-order valence-corrected chi connectivity index (χ4v) is 4.10. The zero-order chi connectivity index (χ0) is 19.2. The van der Waals surface area contributed by atoms with E-state index < -0.39 is 0 Å². The molecule has 0 radical (unpaired) electrons. The van der Waals surface area contributed by atoms with Gasteiger partial charge in [-0.05, 0) is 56.8 Å². The molecule has 2 aliphatic heterocycles. The second-order valence-electron chi connectivity index (χ2n) is 7.97. The lowest BCUT2D eigenvalue weighted by molar-refractivity contribution is -0.135. The highest BCUT2D eigenvalue weighted by molar-refractivity contribution is 5.81. The summed E-state index contributed by atoms with van der Waals surface area (Å²) in [6.07, 6.45) is 5.53. The summed E-state index contributed by atoms with van der Waals surface area (Å²) in [4.78, 5) is 30.2. The maximum atomic E-state index is 12.6. The van der Waals surface area contributed by atoms with Gasteiger partial charge in [0.05, 0.1) is 12.5 Å². The van der Waals surface area contributed by atoms with Crippen LogP contribution in [0.3, 0.4) is 0 Å². The number of rotatable bonds is 6. The molecule has 1 atom stereocenters. The Morgan fingerprint density at radius 3 is 2.44 bits per heavy atom. The second kappa shape index (κ2) is 9.22. The van der Waals surface area contributed by atoms with Gasteiger partial charge in [-0.15, -0.1) is 0 Å². The molecule has 3 rings (SSSR count). The average Bonchev–Trinajstić information content (AvgIpc) is 2.69. The smallest absolute Gasteiger partial charge is 0.236 e. The average molecular weight is 373 g/mol. The quantitative estimate of drug-likeness (QED) is 0.827. The largest absolute Gasteiger partial charge is 0.372 e. The number of likely N-dealkylation sites (tertiary alicyclic amines) is 1. The van der Waals surface area contributed by atoms with Crippen LogP contribution in [0.2, 0.25) is 0 Å². The highest BCUT2D eigenvalue weighted by Crippen LogP contribution is 2.21. The molecule has 6 nitrogen and oxygen atoms in total. The van der Waals surface area contributed by atoms with Crippen molar-refractivity contribution in [2.75, 3.05) is 44.7 Å². The number of nitrogens with zero attached hydrogens (tertiary/aromatic N) is 3. The van der Waals surface area contributed by atoms with Crippen molar-refractivity contribution in [3.8, 4) is 0 Å². The number of hydrogen-bond acceptors (Lipinski definition) is 4. The molecule has 0 saturated carbocycles. The number of benzene rings is 1. The van der Waals surface area contributed by atoms with Crippen molar-refractivity contribution in [2.45, 2.75) is 38.6 Å². The highest BCUT2D eigenvalue weighted by Gasteiger charge is 2.27. The third-order valence-electron chi connectivity index (χ3n) is 5.69. The SMILES string of the molecule is CN(CC(=O)N1CCCC(C(N)=O)C1)Cc1ccc(N2CCCCC2)cc1. The molecule has 0 aromatic heterocycles. The molecule has 148 valence electrons. The number of nitrogens with two attached hydrogens (primary N) is 1. The van der Waals surface area contributed by atoms with Crippen molar-refractivity contribution in [3.05, 3.63) is 29.8 Å². The van der Waals surface area contributed by atoms with E-state index in [2.05, 4.69) is 29.2 Å². The number of hydrogen-bond donors (Lipinski definition) is 1. The molecule has 6 heteroatoms. The molecule has 2 saturated heterocycles. The number of amides is 2. The summed E-state index contributed by atoms with van der Waals surface area (Å²) in [5, 5.41) is 0. The van der Waals surface area contributed by atoms with Crippen molar-refractivity contribution in [3.63, 3.8) is 0 Å². The van der Waals surface area contributed by atoms with Gasteiger partial charge in [0.2, 0.25) is 11.8 Å². The Labute approximate surface area is 162 Å². The number of anilines is 1. The normalized spacial score (nSPS) is 20.7. The molecule has 1 aromatic carbocycles. The molecule has 1 aromatic rings. The van der Waals surface area contributed by atoms with E-state index in [0.717, 1.165) is 39.0 Å². The third-order valence-corrected chi connectivity index (χ3v) is 5.69. The molecule has 2 amide bonds. The summed E-state index contributed by atoms with van der Waals surface area (Å²) < 4.78 is 0. The Balaban J connectivity index is 1.49. The van der Waals surface area contributed by atoms with Crippen LogP contribution < -0.4 is 10.6 Å². The van der Waals surface area contributed by atoms with Crippen LogP contribution in [0.25, 0.3) is 0 Å². The first-order valence-corrected chi connectivity index (χ1v) is 10.1. The monoisotopic (exact) mass is 372 g/mol. The molecule has 0 aliphatic carbocycles. The van der Waals surface area contributed by atoms with Gasteiger partial charge in [0.1, 0.15) is 0 Å². The minimum absolute atomic E-state index is 0.0772. The van der Waals surface area contributed by atoms with E-state index in [0.29, 0.717) is 13.1 Å². The van der Waals surface area contributed by atoms with Gasteiger partial charge in [0, 0.05) is 38.4 Å². The first-order chi connectivity index (χ1) is 13.0. The van der Waals surface area contributed by atoms with Gasteiger partial charge in [0.25, 0.3) is 0 Å². The second-order valence-corrected chi connectivity index (χ2v) is 7.97. The van der Waals surface area contributed by atoms with E-state index in [4.69, 9.17) is 5.73 Å². The molecule has 2 N–H and O–H groups in total. The standard InChI is InChI=1S/C21H32N4O2/c1-23(16-20(26)25-13-5-6-18(15-25)21(22)27)14-17-7-9-19(10-8-17)24-11-3-2-4-12-24/h7-10,18H,2-6,11-16H2,1H3,(H2,22,27). The van der Waals surface area contributed by atoms with Gasteiger partial charge in [0.15, 0.2) is 0 Å². The first kappa shape index (κ1) is 19.7. The van der Waals surface area contributed by atoms with Gasteiger partial charge in [-0.25, -0.2) is 0 Å². The number of carbonyl (C=O) groups is 2. The van der Waals surface area contributed by atoms with E-state index in [1.807, 2.05) is 11.9 Å². The summed E-state index contributed by atoms with van der Waals surface area (Å²) in [5.74, 6) is -0.418. The molecule has 2 fully saturated rings. The van der Waals surface area contributed by atoms with Gasteiger partial charge in [-0.2, -0.15) is 0 Å². The fourth-order valence-electron chi connectivity index (χ4n) is 4.10. The maximum absolute atomic E-state index is 12.6. The van der Waals surface area contributed by atoms with E-state index in [1.165, 1.54) is 30.5 Å². The van der Waals surface area contributed by atoms with Crippen molar-refractivity contribution in [2.24, 2.45) is 11.7 Å². The van der Waals surface area contributed by atoms with Crippen molar-refractivity contribution in [1.82, 2.24) is 9.80 Å². The van der Waals surface area contributed by atoms with Crippen LogP contribution in [0.1, 0.15) is 37.7 Å². The van der Waals surface area contributed by atoms with Gasteiger partial charge < -0.3 is 15.5 Å². The number of likely N-dealkylation sites (N-methyl/N-ethyl adjacent to an activating group) is 1. The lowest BCUT2D eigenvalue weighted by atomic mass is 9.97. The zero-order valence-corrected chi connectivity index (χ0v) is 16.4. The molecular formula is C21H32N4O2. The lowest BCUT2D eigenvalue weighted by Gasteiger charge is -2.32. The molecule has 0 bridgehead atoms. The number of carbonyl (C=O) groups excluding carboxylic acids is 2. The molecule has 2 aliphatic rings. The van der Waals surface area contributed by atoms with Gasteiger partial charge >= 0.3 is 0 Å². The first-order valence-electron chi connectivity index (χ1n) is 10.1. The predicted octanol–water partition coefficient (Wildman–Crippen LogP) is 1.83. The number of piperidine rings is 2. The Morgan fingerprint density at radius 1 is 1.07 bits per heavy atom. The zero-order valence-electron chi connectivity index (χ0n) is 16.4.